The zero-order valence-corrected chi connectivity index (χ0v) is 77.3. The van der Waals surface area contributed by atoms with Crippen molar-refractivity contribution >= 4 is 284 Å². The lowest BCUT2D eigenvalue weighted by Crippen LogP contribution is -2.14. The van der Waals surface area contributed by atoms with E-state index in [4.69, 9.17) is 22.1 Å². The summed E-state index contributed by atoms with van der Waals surface area (Å²) < 4.78 is 43.6. The largest absolute Gasteiger partial charge is 0.456 e. The van der Waals surface area contributed by atoms with Crippen molar-refractivity contribution in [3.63, 3.8) is 0 Å². The Labute approximate surface area is 805 Å². The first-order valence-electron chi connectivity index (χ1n) is 49.1. The van der Waals surface area contributed by atoms with E-state index >= 15 is 0 Å². The van der Waals surface area contributed by atoms with Crippen LogP contribution >= 0.6 is 0 Å². The number of benzene rings is 21. The monoisotopic (exact) mass is 1810 g/mol. The van der Waals surface area contributed by atoms with Gasteiger partial charge in [-0.05, 0) is 160 Å². The number of rotatable bonds is 1. The van der Waals surface area contributed by atoms with Gasteiger partial charge in [0.05, 0.1) is 77.2 Å². The summed E-state index contributed by atoms with van der Waals surface area (Å²) in [7, 11) is 0. The van der Waals surface area contributed by atoms with Gasteiger partial charge >= 0.3 is 0 Å². The van der Waals surface area contributed by atoms with Crippen molar-refractivity contribution in [3.05, 3.63) is 417 Å². The summed E-state index contributed by atoms with van der Waals surface area (Å²) in [6.45, 7) is 9.42. The molecule has 0 amide bonds. The van der Waals surface area contributed by atoms with Gasteiger partial charge in [-0.15, -0.1) is 0 Å². The Bertz CT molecular complexity index is 11800. The van der Waals surface area contributed by atoms with E-state index in [1.54, 1.807) is 0 Å². The maximum atomic E-state index is 6.33. The van der Waals surface area contributed by atoms with E-state index in [1.807, 2.05) is 42.5 Å². The van der Waals surface area contributed by atoms with Crippen LogP contribution in [0.1, 0.15) is 49.9 Å². The number of para-hydroxylation sites is 11. The number of hydrogen-bond donors (Lipinski definition) is 0. The summed E-state index contributed by atoms with van der Waals surface area (Å²) in [4.78, 5) is 0. The first kappa shape index (κ1) is 75.8. The second-order valence-electron chi connectivity index (χ2n) is 40.7. The van der Waals surface area contributed by atoms with Crippen LogP contribution in [-0.2, 0) is 10.8 Å². The summed E-state index contributed by atoms with van der Waals surface area (Å²) in [5.74, 6) is 0. The molecule has 35 aromatic rings. The highest BCUT2D eigenvalue weighted by atomic mass is 16.3. The first-order chi connectivity index (χ1) is 69.9. The van der Waals surface area contributed by atoms with Gasteiger partial charge in [0, 0.05) is 192 Å². The lowest BCUT2D eigenvalue weighted by molar-refractivity contribution is 0.661. The molecule has 142 heavy (non-hydrogen) atoms. The van der Waals surface area contributed by atoms with Crippen LogP contribution in [0.3, 0.4) is 0 Å². The van der Waals surface area contributed by atoms with Crippen LogP contribution in [0, 0.1) is 0 Å². The van der Waals surface area contributed by atoms with Crippen LogP contribution in [0.15, 0.2) is 416 Å². The second-order valence-corrected chi connectivity index (χ2v) is 40.7. The molecule has 10 nitrogen and oxygen atoms in total. The van der Waals surface area contributed by atoms with E-state index in [9.17, 15) is 0 Å². The molecule has 2 aliphatic carbocycles. The Morgan fingerprint density at radius 1 is 0.155 bits per heavy atom. The molecule has 0 saturated heterocycles. The summed E-state index contributed by atoms with van der Waals surface area (Å²) in [6, 6.07) is 143. The highest BCUT2D eigenvalue weighted by Gasteiger charge is 2.39. The molecule has 14 heterocycles. The molecule has 14 aromatic heterocycles. The molecule has 660 valence electrons. The fraction of sp³-hybridized carbons (Fsp3) is 0.0455. The number of nitrogens with zero attached hydrogens (tertiary/aromatic N) is 5. The zero-order valence-electron chi connectivity index (χ0n) is 77.3. The molecular weight excluding hydrogens is 1740 g/mol. The predicted octanol–water partition coefficient (Wildman–Crippen LogP) is 36.6. The molecule has 10 heteroatoms. The van der Waals surface area contributed by atoms with E-state index in [-0.39, 0.29) is 10.8 Å². The average Bonchev–Trinajstić information content (AvgIpc) is 1.52. The minimum Gasteiger partial charge on any atom is -0.456 e. The fourth-order valence-corrected chi connectivity index (χ4v) is 26.8. The number of hydrogen-bond acceptors (Lipinski definition) is 5. The van der Waals surface area contributed by atoms with Crippen molar-refractivity contribution in [2.24, 2.45) is 0 Å². The first-order valence-corrected chi connectivity index (χ1v) is 49.1. The Hall–Kier alpha value is -18.4. The lowest BCUT2D eigenvalue weighted by atomic mass is 9.82. The predicted molar refractivity (Wildman–Crippen MR) is 590 cm³/mol. The molecule has 0 aliphatic heterocycles. The van der Waals surface area contributed by atoms with Gasteiger partial charge in [-0.2, -0.15) is 0 Å². The molecule has 0 fully saturated rings. The Kier molecular flexibility index (Phi) is 14.1. The molecular formula is C132H77N5O5. The Balaban J connectivity index is 0.0000000823. The van der Waals surface area contributed by atoms with Gasteiger partial charge in [-0.1, -0.05) is 282 Å². The van der Waals surface area contributed by atoms with Crippen molar-refractivity contribution in [1.82, 2.24) is 22.2 Å². The highest BCUT2D eigenvalue weighted by Crippen LogP contribution is 2.57. The molecule has 0 atom stereocenters. The van der Waals surface area contributed by atoms with E-state index < -0.39 is 0 Å². The molecule has 2 aliphatic rings. The van der Waals surface area contributed by atoms with Gasteiger partial charge in [0.2, 0.25) is 0 Å². The minimum absolute atomic E-state index is 0.00534. The SMILES string of the molecule is CC1(C)c2ccccc2-c2cc3c(cc21)c1cccc2c4cc5c(cc4n3c12)oc1ccccc15.CC1(C)c2ccccc2-c2cc3c4cccc5c6cc7c(cc6n(c3cc21)c45)oc1ccccc17.c1ccc(-n2c3ccccc3c3ccc4c(c5cccc6c7cc8c(cc7n4c65)oc4ccccc48)c32)cc1.c1ccc2c(c1)oc1cc3c(cc12)c1cccc2c4cc5oc6ccccc6c5cc4n3c12. The summed E-state index contributed by atoms with van der Waals surface area (Å²) in [6.07, 6.45) is 0. The van der Waals surface area contributed by atoms with Crippen molar-refractivity contribution in [2.45, 2.75) is 38.5 Å². The molecule has 0 spiro atoms. The van der Waals surface area contributed by atoms with E-state index in [1.165, 1.54) is 257 Å². The third-order valence-corrected chi connectivity index (χ3v) is 33.0. The molecule has 0 bridgehead atoms. The topological polar surface area (TPSA) is 88.3 Å². The molecule has 0 saturated carbocycles. The van der Waals surface area contributed by atoms with Gasteiger partial charge in [-0.3, -0.25) is 0 Å². The average molecular weight is 1810 g/mol. The number of fused-ring (bicyclic) bond motifs is 49. The smallest absolute Gasteiger partial charge is 0.137 e. The number of aromatic nitrogens is 5. The molecule has 21 aromatic carbocycles. The van der Waals surface area contributed by atoms with Gasteiger partial charge in [-0.25, -0.2) is 0 Å². The van der Waals surface area contributed by atoms with Crippen molar-refractivity contribution < 1.29 is 22.1 Å². The summed E-state index contributed by atoms with van der Waals surface area (Å²) >= 11 is 0. The van der Waals surface area contributed by atoms with Gasteiger partial charge in [0.15, 0.2) is 0 Å². The highest BCUT2D eigenvalue weighted by molar-refractivity contribution is 6.35. The van der Waals surface area contributed by atoms with Crippen LogP contribution in [-0.4, -0.2) is 22.2 Å². The zero-order chi connectivity index (χ0) is 92.6. The fourth-order valence-electron chi connectivity index (χ4n) is 26.8. The summed E-state index contributed by atoms with van der Waals surface area (Å²) in [5.41, 5.74) is 39.0. The maximum absolute atomic E-state index is 6.33. The minimum atomic E-state index is -0.0240. The molecule has 0 radical (unpaired) electrons. The van der Waals surface area contributed by atoms with Crippen LogP contribution in [0.2, 0.25) is 0 Å². The van der Waals surface area contributed by atoms with Gasteiger partial charge in [0.1, 0.15) is 55.8 Å². The molecule has 0 unspecified atom stereocenters. The Morgan fingerprint density at radius 2 is 0.451 bits per heavy atom. The molecule has 37 rings (SSSR count). The van der Waals surface area contributed by atoms with E-state index in [0.717, 1.165) is 77.4 Å². The van der Waals surface area contributed by atoms with Crippen LogP contribution < -0.4 is 0 Å². The van der Waals surface area contributed by atoms with Gasteiger partial charge < -0.3 is 44.3 Å². The lowest BCUT2D eigenvalue weighted by Gasteiger charge is -2.21. The van der Waals surface area contributed by atoms with Crippen LogP contribution in [0.25, 0.3) is 312 Å². The van der Waals surface area contributed by atoms with E-state index in [0.29, 0.717) is 0 Å². The number of furan rings is 5. The van der Waals surface area contributed by atoms with Crippen LogP contribution in [0.4, 0.5) is 0 Å². The normalized spacial score (nSPS) is 13.7. The third-order valence-electron chi connectivity index (χ3n) is 33.0. The van der Waals surface area contributed by atoms with Gasteiger partial charge in [0.25, 0.3) is 0 Å². The van der Waals surface area contributed by atoms with E-state index in [2.05, 4.69) is 402 Å². The second kappa shape index (κ2) is 26.5. The maximum Gasteiger partial charge on any atom is 0.137 e. The van der Waals surface area contributed by atoms with Crippen molar-refractivity contribution in [1.29, 1.82) is 0 Å². The van der Waals surface area contributed by atoms with Crippen LogP contribution in [0.5, 0.6) is 0 Å². The summed E-state index contributed by atoms with van der Waals surface area (Å²) in [5, 5.41) is 34.8. The van der Waals surface area contributed by atoms with Crippen molar-refractivity contribution in [3.8, 4) is 27.9 Å². The standard InChI is InChI=1S/C36H20N2O.2C33H21NO.C30H15NO2/c1-2-9-21(10-3-1)37-29-15-6-4-11-22(29)25-17-18-30-34(36(25)37)26-14-8-13-24-27-19-28-23-12-5-7-16-32(23)39-33(28)20-31(27)38(30)35(24)26;1-33(2)26-12-5-3-8-18(26)22-16-28-24(15-27(22)33)21-11-7-10-20-23-14-25-19-9-4-6-13-30(19)35-31(25)17-29(23)34(28)32(20)21;1-33(2)26-12-5-3-8-18(26)22-14-23-20-10-7-11-21-24-15-25-19-9-4-6-13-30(19)35-31(25)17-29(24)34(32(20)21)28(23)16-27(22)33;1-3-10-26-16(6-1)22-12-20-18-8-5-9-19-21-14-28-23(17-7-2-4-11-27(17)32-28)13-24(21)31(30(18)19)25(20)15-29(22)33-26/h1-20H;2*3-17H,1-2H3;1-15H. The quantitative estimate of drug-likeness (QED) is 0.163. The molecule has 0 N–H and O–H groups in total. The Morgan fingerprint density at radius 3 is 0.894 bits per heavy atom. The van der Waals surface area contributed by atoms with Crippen molar-refractivity contribution in [2.75, 3.05) is 0 Å². The third kappa shape index (κ3) is 9.54.